The van der Waals surface area contributed by atoms with Gasteiger partial charge in [-0.15, -0.1) is 0 Å². The van der Waals surface area contributed by atoms with Crippen LogP contribution in [0.15, 0.2) is 78.2 Å². The number of aliphatic carboxylic acids is 1. The number of H-pyrrole nitrogens is 1. The van der Waals surface area contributed by atoms with Crippen molar-refractivity contribution in [1.29, 1.82) is 0 Å². The van der Waals surface area contributed by atoms with E-state index in [1.165, 1.54) is 22.3 Å². The van der Waals surface area contributed by atoms with E-state index < -0.39 is 144 Å². The maximum Gasteiger partial charge on any atom is 0.305 e. The van der Waals surface area contributed by atoms with Crippen LogP contribution in [0, 0.1) is 11.8 Å². The summed E-state index contributed by atoms with van der Waals surface area (Å²) >= 11 is 0. The van der Waals surface area contributed by atoms with Crippen molar-refractivity contribution in [3.8, 4) is 0 Å². The lowest BCUT2D eigenvalue weighted by Gasteiger charge is -2.32. The number of aromatic amines is 1. The fourth-order valence-corrected chi connectivity index (χ4v) is 10.8. The molecule has 15 N–H and O–H groups in total. The highest BCUT2D eigenvalue weighted by atomic mass is 16.4. The van der Waals surface area contributed by atoms with Gasteiger partial charge in [0.05, 0.1) is 18.9 Å². The average Bonchev–Trinajstić information content (AvgIpc) is 2.36. The molecule has 472 valence electrons. The number of guanidine groups is 1. The largest absolute Gasteiger partial charge is 0.481 e. The van der Waals surface area contributed by atoms with Gasteiger partial charge in [-0.3, -0.25) is 57.7 Å². The number of benzene rings is 2. The minimum Gasteiger partial charge on any atom is -0.481 e. The van der Waals surface area contributed by atoms with E-state index in [0.29, 0.717) is 29.7 Å². The molecule has 11 atom stereocenters. The van der Waals surface area contributed by atoms with Gasteiger partial charge in [-0.25, -0.2) is 4.98 Å². The van der Waals surface area contributed by atoms with Crippen molar-refractivity contribution < 1.29 is 63.0 Å². The van der Waals surface area contributed by atoms with E-state index in [0.717, 1.165) is 6.92 Å². The lowest BCUT2D eigenvalue weighted by atomic mass is 9.99. The van der Waals surface area contributed by atoms with Crippen LogP contribution < -0.4 is 54.0 Å². The number of hydrogen-bond donors (Lipinski definition) is 13. The van der Waals surface area contributed by atoms with Crippen LogP contribution in [-0.2, 0) is 72.0 Å². The minimum atomic E-state index is -1.94. The maximum atomic E-state index is 15.0. The topological polar surface area (TPSA) is 424 Å². The molecule has 4 heterocycles. The molecule has 0 unspecified atom stereocenters. The SMILES string of the molecule is CC(C)C[C@@H]1NC(=O)[C@H](CCCN=C(N)N)NC(=O)[C@H](C(C)C)NC(=O)[C@@H]2CCCN2C(=O)[C@@H](Cc2ccccc2)NC(=O)[C@H](Cc2cnc[nH]2)NC(=O)[C@H](CC(=O)O)NC(=O)[C@H]([C@@H](C)O)NC(=O)[C@@H]2CCCN2C(=O)[C@@H](Cc2ccccc2)NC1=O. The number of nitrogens with zero attached hydrogens (tertiary/aromatic N) is 4. The molecule has 0 spiro atoms. The van der Waals surface area contributed by atoms with Crippen molar-refractivity contribution in [2.24, 2.45) is 28.3 Å². The number of carboxylic acids is 1. The number of carbonyl (C=O) groups is 11. The van der Waals surface area contributed by atoms with Crippen LogP contribution in [-0.4, -0.2) is 187 Å². The van der Waals surface area contributed by atoms with E-state index in [2.05, 4.69) is 57.5 Å². The van der Waals surface area contributed by atoms with Crippen LogP contribution >= 0.6 is 0 Å². The first kappa shape index (κ1) is 67.2. The Hall–Kier alpha value is -8.95. The van der Waals surface area contributed by atoms with Crippen molar-refractivity contribution >= 4 is 71.0 Å². The van der Waals surface area contributed by atoms with Gasteiger partial charge in [-0.2, -0.15) is 0 Å². The Balaban J connectivity index is 1.42. The first-order chi connectivity index (χ1) is 41.4. The lowest BCUT2D eigenvalue weighted by molar-refractivity contribution is -0.144. The Bertz CT molecular complexity index is 2920. The smallest absolute Gasteiger partial charge is 0.305 e. The average molecular weight is 1210 g/mol. The molecule has 6 rings (SSSR count). The van der Waals surface area contributed by atoms with Gasteiger partial charge in [-0.05, 0) is 74.8 Å². The van der Waals surface area contributed by atoms with Crippen LogP contribution in [0.1, 0.15) is 103 Å². The van der Waals surface area contributed by atoms with Crippen LogP contribution in [0.3, 0.4) is 0 Å². The zero-order chi connectivity index (χ0) is 63.5. The molecule has 3 saturated heterocycles. The number of imidazole rings is 1. The number of aliphatic imine (C=N–C) groups is 1. The van der Waals surface area contributed by atoms with Crippen molar-refractivity contribution in [3.63, 3.8) is 0 Å². The number of carboxylic acid groups (broad SMARTS) is 1. The number of carbonyl (C=O) groups excluding carboxylic acids is 10. The third-order valence-electron chi connectivity index (χ3n) is 15.3. The van der Waals surface area contributed by atoms with Crippen molar-refractivity contribution in [3.05, 3.63) is 90.0 Å². The number of aromatic nitrogens is 2. The van der Waals surface area contributed by atoms with Gasteiger partial charge < -0.3 is 79.0 Å². The molecule has 0 saturated carbocycles. The molecule has 3 fully saturated rings. The number of aliphatic hydroxyl groups is 1. The van der Waals surface area contributed by atoms with Gasteiger partial charge in [0.15, 0.2) is 5.96 Å². The summed E-state index contributed by atoms with van der Waals surface area (Å²) in [4.78, 5) is 172. The second-order valence-electron chi connectivity index (χ2n) is 23.0. The molecule has 28 nitrogen and oxygen atoms in total. The predicted molar refractivity (Wildman–Crippen MR) is 316 cm³/mol. The number of aliphatic hydroxyl groups excluding tert-OH is 1. The molecule has 28 heteroatoms. The molecular formula is C59H83N15O13. The molecule has 0 bridgehead atoms. The van der Waals surface area contributed by atoms with Gasteiger partial charge in [0.1, 0.15) is 60.4 Å². The number of hydrogen-bond acceptors (Lipinski definition) is 14. The normalized spacial score (nSPS) is 25.8. The van der Waals surface area contributed by atoms with Gasteiger partial charge in [0, 0.05) is 50.8 Å². The zero-order valence-corrected chi connectivity index (χ0v) is 49.7. The molecule has 0 aliphatic carbocycles. The zero-order valence-electron chi connectivity index (χ0n) is 49.7. The highest BCUT2D eigenvalue weighted by Gasteiger charge is 2.44. The summed E-state index contributed by atoms with van der Waals surface area (Å²) in [7, 11) is 0. The Morgan fingerprint density at radius 3 is 1.53 bits per heavy atom. The standard InChI is InChI=1S/C59H83N15O13/c1-32(2)25-39-50(79)69-42(26-35-15-8-6-9-16-35)57(86)74-24-14-21-45(74)54(83)72-48(34(5)75)56(85)68-41(29-46(76)77)52(81)67-40(28-37-30-62-31-64-37)51(80)70-43(27-36-17-10-7-11-18-36)58(87)73-23-13-20-44(73)53(82)71-47(33(3)4)55(84)65-38(49(78)66-39)19-12-22-63-59(60)61/h6-11,15-18,30-34,38-45,47-48,75H,12-14,19-29H2,1-5H3,(H,62,64)(H,65,84)(H,66,78)(H,67,81)(H,68,85)(H,69,79)(H,70,80)(H,71,82)(H,72,83)(H,76,77)(H4,60,61,63)/t34-,38+,39+,40+,41+,42-,43-,44+,45+,47+,48+/m1/s1. The quantitative estimate of drug-likeness (QED) is 0.0416. The Morgan fingerprint density at radius 2 is 1.05 bits per heavy atom. The second-order valence-corrected chi connectivity index (χ2v) is 23.0. The summed E-state index contributed by atoms with van der Waals surface area (Å²) in [6.45, 7) is 8.25. The Kier molecular flexibility index (Phi) is 24.7. The van der Waals surface area contributed by atoms with Crippen molar-refractivity contribution in [2.75, 3.05) is 19.6 Å². The van der Waals surface area contributed by atoms with E-state index in [9.17, 15) is 63.0 Å². The third-order valence-corrected chi connectivity index (χ3v) is 15.3. The number of nitrogens with two attached hydrogens (primary N) is 2. The third kappa shape index (κ3) is 19.5. The predicted octanol–water partition coefficient (Wildman–Crippen LogP) is -2.08. The monoisotopic (exact) mass is 1210 g/mol. The molecule has 3 aliphatic rings. The van der Waals surface area contributed by atoms with Gasteiger partial charge in [0.2, 0.25) is 59.1 Å². The lowest BCUT2D eigenvalue weighted by Crippen LogP contribution is -2.62. The molecule has 10 amide bonds. The first-order valence-electron chi connectivity index (χ1n) is 29.4. The fourth-order valence-electron chi connectivity index (χ4n) is 10.8. The molecule has 3 aromatic rings. The van der Waals surface area contributed by atoms with Gasteiger partial charge in [-0.1, -0.05) is 88.4 Å². The maximum absolute atomic E-state index is 15.0. The van der Waals surface area contributed by atoms with E-state index in [-0.39, 0.29) is 82.9 Å². The Morgan fingerprint density at radius 1 is 0.586 bits per heavy atom. The van der Waals surface area contributed by atoms with E-state index in [1.807, 2.05) is 13.8 Å². The number of rotatable bonds is 16. The van der Waals surface area contributed by atoms with Crippen molar-refractivity contribution in [2.45, 2.75) is 172 Å². The summed E-state index contributed by atoms with van der Waals surface area (Å²) in [5.74, 6) is -11.3. The van der Waals surface area contributed by atoms with Gasteiger partial charge in [0.25, 0.3) is 0 Å². The van der Waals surface area contributed by atoms with Crippen LogP contribution in [0.4, 0.5) is 0 Å². The number of fused-ring (bicyclic) bond motifs is 2. The molecule has 3 aliphatic heterocycles. The fraction of sp³-hybridized carbons (Fsp3) is 0.542. The van der Waals surface area contributed by atoms with E-state index in [1.54, 1.807) is 74.5 Å². The Labute approximate surface area is 504 Å². The van der Waals surface area contributed by atoms with E-state index >= 15 is 0 Å². The van der Waals surface area contributed by atoms with Crippen LogP contribution in [0.25, 0.3) is 0 Å². The highest BCUT2D eigenvalue weighted by molar-refractivity contribution is 6.00. The number of nitrogens with one attached hydrogen (secondary N) is 9. The van der Waals surface area contributed by atoms with Gasteiger partial charge >= 0.3 is 5.97 Å². The van der Waals surface area contributed by atoms with Crippen LogP contribution in [0.5, 0.6) is 0 Å². The van der Waals surface area contributed by atoms with E-state index in [4.69, 9.17) is 11.5 Å². The van der Waals surface area contributed by atoms with Crippen molar-refractivity contribution in [1.82, 2.24) is 62.3 Å². The summed E-state index contributed by atoms with van der Waals surface area (Å²) in [5, 5.41) is 42.3. The molecule has 1 aromatic heterocycles. The summed E-state index contributed by atoms with van der Waals surface area (Å²) in [6, 6.07) is 2.79. The summed E-state index contributed by atoms with van der Waals surface area (Å²) < 4.78 is 0. The molecule has 2 aromatic carbocycles. The summed E-state index contributed by atoms with van der Waals surface area (Å²) in [5.41, 5.74) is 12.7. The highest BCUT2D eigenvalue weighted by Crippen LogP contribution is 2.23. The summed E-state index contributed by atoms with van der Waals surface area (Å²) in [6.07, 6.45) is 0.460. The molecule has 0 radical (unpaired) electrons. The molecular weight excluding hydrogens is 1130 g/mol. The minimum absolute atomic E-state index is 0.0169. The van der Waals surface area contributed by atoms with Crippen LogP contribution in [0.2, 0.25) is 0 Å². The number of amides is 10. The second kappa shape index (κ2) is 32.0. The molecule has 87 heavy (non-hydrogen) atoms. The first-order valence-corrected chi connectivity index (χ1v) is 29.4.